The zero-order valence-corrected chi connectivity index (χ0v) is 10.8. The number of phenols is 1. The van der Waals surface area contributed by atoms with Gasteiger partial charge in [-0.05, 0) is 12.1 Å². The number of carbonyl (C=O) groups is 3. The van der Waals surface area contributed by atoms with Crippen molar-refractivity contribution in [3.05, 3.63) is 29.3 Å². The van der Waals surface area contributed by atoms with Gasteiger partial charge in [-0.2, -0.15) is 0 Å². The van der Waals surface area contributed by atoms with Gasteiger partial charge in [0.2, 0.25) is 5.91 Å². The molecule has 0 saturated carbocycles. The fourth-order valence-corrected chi connectivity index (χ4v) is 2.24. The monoisotopic (exact) mass is 278 g/mol. The minimum Gasteiger partial charge on any atom is -0.508 e. The van der Waals surface area contributed by atoms with Gasteiger partial charge in [-0.15, -0.1) is 0 Å². The molecule has 0 aliphatic carbocycles. The topological polar surface area (TPSA) is 110 Å². The van der Waals surface area contributed by atoms with Gasteiger partial charge in [0.15, 0.2) is 0 Å². The van der Waals surface area contributed by atoms with Crippen molar-refractivity contribution in [2.75, 3.05) is 7.11 Å². The Morgan fingerprint density at radius 3 is 2.75 bits per heavy atom. The van der Waals surface area contributed by atoms with Crippen LogP contribution in [-0.2, 0) is 20.9 Å². The number of primary amides is 1. The molecule has 0 fully saturated rings. The van der Waals surface area contributed by atoms with Crippen LogP contribution in [0.25, 0.3) is 0 Å². The summed E-state index contributed by atoms with van der Waals surface area (Å²) in [6, 6.07) is 3.46. The highest BCUT2D eigenvalue weighted by Gasteiger charge is 2.38. The molecule has 1 aromatic rings. The third-order valence-electron chi connectivity index (χ3n) is 3.22. The Kier molecular flexibility index (Phi) is 3.60. The zero-order chi connectivity index (χ0) is 14.9. The van der Waals surface area contributed by atoms with Crippen LogP contribution >= 0.6 is 0 Å². The number of rotatable bonds is 4. The number of nitrogens with two attached hydrogens (primary N) is 1. The quantitative estimate of drug-likeness (QED) is 0.739. The van der Waals surface area contributed by atoms with Crippen LogP contribution < -0.4 is 5.73 Å². The Bertz CT molecular complexity index is 584. The first-order valence-corrected chi connectivity index (χ1v) is 5.93. The van der Waals surface area contributed by atoms with Crippen molar-refractivity contribution in [2.45, 2.75) is 19.0 Å². The Labute approximate surface area is 114 Å². The van der Waals surface area contributed by atoms with Gasteiger partial charge in [0, 0.05) is 11.1 Å². The van der Waals surface area contributed by atoms with Crippen molar-refractivity contribution in [3.8, 4) is 5.75 Å². The number of hydrogen-bond donors (Lipinski definition) is 2. The van der Waals surface area contributed by atoms with Gasteiger partial charge in [-0.3, -0.25) is 9.59 Å². The van der Waals surface area contributed by atoms with E-state index in [1.54, 1.807) is 6.07 Å². The first kappa shape index (κ1) is 13.9. The highest BCUT2D eigenvalue weighted by molar-refractivity contribution is 6.01. The number of nitrogens with zero attached hydrogens (tertiary/aromatic N) is 1. The summed E-state index contributed by atoms with van der Waals surface area (Å²) in [5, 5.41) is 9.74. The second-order valence-electron chi connectivity index (χ2n) is 4.45. The van der Waals surface area contributed by atoms with Crippen LogP contribution in [0.4, 0.5) is 0 Å². The third-order valence-corrected chi connectivity index (χ3v) is 3.22. The predicted molar refractivity (Wildman–Crippen MR) is 67.6 cm³/mol. The van der Waals surface area contributed by atoms with E-state index < -0.39 is 23.8 Å². The molecule has 2 rings (SSSR count). The highest BCUT2D eigenvalue weighted by atomic mass is 16.5. The van der Waals surface area contributed by atoms with Gasteiger partial charge in [-0.1, -0.05) is 6.07 Å². The number of phenolic OH excluding ortho intramolecular Hbond substituents is 1. The second kappa shape index (κ2) is 5.20. The fraction of sp³-hybridized carbons (Fsp3) is 0.308. The van der Waals surface area contributed by atoms with Gasteiger partial charge in [0.25, 0.3) is 5.91 Å². The van der Waals surface area contributed by atoms with E-state index in [0.717, 1.165) is 0 Å². The predicted octanol–water partition coefficient (Wildman–Crippen LogP) is -0.235. The fourth-order valence-electron chi connectivity index (χ4n) is 2.24. The Hall–Kier alpha value is -2.57. The van der Waals surface area contributed by atoms with Crippen molar-refractivity contribution in [3.63, 3.8) is 0 Å². The van der Waals surface area contributed by atoms with E-state index in [-0.39, 0.29) is 18.7 Å². The van der Waals surface area contributed by atoms with Crippen LogP contribution in [0.5, 0.6) is 5.75 Å². The van der Waals surface area contributed by atoms with Crippen molar-refractivity contribution in [1.29, 1.82) is 0 Å². The lowest BCUT2D eigenvalue weighted by Gasteiger charge is -2.24. The van der Waals surface area contributed by atoms with Crippen LogP contribution in [0, 0.1) is 0 Å². The number of esters is 1. The lowest BCUT2D eigenvalue weighted by atomic mass is 10.1. The van der Waals surface area contributed by atoms with Crippen molar-refractivity contribution >= 4 is 17.8 Å². The number of methoxy groups -OCH3 is 1. The molecule has 106 valence electrons. The van der Waals surface area contributed by atoms with E-state index >= 15 is 0 Å². The number of ether oxygens (including phenoxy) is 1. The molecule has 1 aromatic carbocycles. The van der Waals surface area contributed by atoms with Crippen LogP contribution in [0.3, 0.4) is 0 Å². The summed E-state index contributed by atoms with van der Waals surface area (Å²) < 4.78 is 4.60. The molecule has 7 nitrogen and oxygen atoms in total. The summed E-state index contributed by atoms with van der Waals surface area (Å²) in [7, 11) is 1.17. The Morgan fingerprint density at radius 1 is 1.50 bits per heavy atom. The van der Waals surface area contributed by atoms with Crippen LogP contribution in [0.2, 0.25) is 0 Å². The maximum atomic E-state index is 12.2. The van der Waals surface area contributed by atoms with Gasteiger partial charge < -0.3 is 20.5 Å². The van der Waals surface area contributed by atoms with Crippen LogP contribution in [0.1, 0.15) is 22.3 Å². The summed E-state index contributed by atoms with van der Waals surface area (Å²) in [5.41, 5.74) is 5.84. The third kappa shape index (κ3) is 2.29. The molecule has 20 heavy (non-hydrogen) atoms. The molecule has 7 heteroatoms. The van der Waals surface area contributed by atoms with E-state index in [9.17, 15) is 19.5 Å². The molecule has 1 aliphatic heterocycles. The molecule has 0 unspecified atom stereocenters. The maximum Gasteiger partial charge on any atom is 0.329 e. The van der Waals surface area contributed by atoms with Crippen molar-refractivity contribution in [2.24, 2.45) is 5.73 Å². The lowest BCUT2D eigenvalue weighted by molar-refractivity contribution is -0.147. The average molecular weight is 278 g/mol. The maximum absolute atomic E-state index is 12.2. The van der Waals surface area contributed by atoms with E-state index in [1.165, 1.54) is 24.1 Å². The molecule has 0 aromatic heterocycles. The molecule has 0 bridgehead atoms. The van der Waals surface area contributed by atoms with Gasteiger partial charge in [-0.25, -0.2) is 4.79 Å². The number of fused-ring (bicyclic) bond motifs is 1. The molecule has 0 radical (unpaired) electrons. The van der Waals surface area contributed by atoms with Gasteiger partial charge >= 0.3 is 5.97 Å². The van der Waals surface area contributed by atoms with Crippen LogP contribution in [0.15, 0.2) is 18.2 Å². The van der Waals surface area contributed by atoms with E-state index in [1.807, 2.05) is 0 Å². The summed E-state index contributed by atoms with van der Waals surface area (Å²) in [4.78, 5) is 36.2. The van der Waals surface area contributed by atoms with Crippen molar-refractivity contribution < 1.29 is 24.2 Å². The van der Waals surface area contributed by atoms with E-state index in [0.29, 0.717) is 11.1 Å². The van der Waals surface area contributed by atoms with E-state index in [2.05, 4.69) is 4.74 Å². The number of carbonyl (C=O) groups excluding carboxylic acids is 3. The number of hydrogen-bond acceptors (Lipinski definition) is 5. The largest absolute Gasteiger partial charge is 0.508 e. The van der Waals surface area contributed by atoms with Crippen molar-refractivity contribution in [1.82, 2.24) is 4.90 Å². The average Bonchev–Trinajstić information content (AvgIpc) is 2.74. The molecule has 1 heterocycles. The lowest BCUT2D eigenvalue weighted by Crippen LogP contribution is -2.44. The molecular formula is C13H14N2O5. The summed E-state index contributed by atoms with van der Waals surface area (Å²) >= 11 is 0. The highest BCUT2D eigenvalue weighted by Crippen LogP contribution is 2.31. The Balaban J connectivity index is 2.34. The molecule has 3 N–H and O–H groups in total. The SMILES string of the molecule is COC(=O)[C@H](CC(N)=O)N1Cc2c(O)cccc2C1=O. The number of aromatic hydroxyl groups is 1. The first-order valence-electron chi connectivity index (χ1n) is 5.93. The smallest absolute Gasteiger partial charge is 0.329 e. The molecule has 1 aliphatic rings. The summed E-state index contributed by atoms with van der Waals surface area (Å²) in [6.45, 7) is 0.0356. The normalized spacial score (nSPS) is 14.8. The van der Waals surface area contributed by atoms with Gasteiger partial charge in [0.1, 0.15) is 11.8 Å². The van der Waals surface area contributed by atoms with E-state index in [4.69, 9.17) is 5.73 Å². The first-order chi connectivity index (χ1) is 9.45. The zero-order valence-electron chi connectivity index (χ0n) is 10.8. The molecular weight excluding hydrogens is 264 g/mol. The van der Waals surface area contributed by atoms with Gasteiger partial charge in [0.05, 0.1) is 20.1 Å². The number of benzene rings is 1. The molecule has 0 saturated heterocycles. The summed E-state index contributed by atoms with van der Waals surface area (Å²) in [6.07, 6.45) is -0.326. The van der Waals surface area contributed by atoms with Crippen LogP contribution in [-0.4, -0.2) is 40.9 Å². The molecule has 2 amide bonds. The molecule has 1 atom stereocenters. The number of amides is 2. The minimum atomic E-state index is -1.09. The molecule has 0 spiro atoms. The minimum absolute atomic E-state index is 0.0268. The standard InChI is InChI=1S/C13H14N2O5/c1-20-13(19)9(5-11(14)17)15-6-8-7(12(15)18)3-2-4-10(8)16/h2-4,9,16H,5-6H2,1H3,(H2,14,17)/t9-/m0/s1. The summed E-state index contributed by atoms with van der Waals surface area (Å²) in [5.74, 6) is -1.90. The Morgan fingerprint density at radius 2 is 2.20 bits per heavy atom. The second-order valence-corrected chi connectivity index (χ2v) is 4.45.